The molecular weight excluding hydrogens is 368 g/mol. The van der Waals surface area contributed by atoms with Gasteiger partial charge in [-0.05, 0) is 86.9 Å². The molecule has 1 amide bonds. The third-order valence-corrected chi connectivity index (χ3v) is 6.44. The van der Waals surface area contributed by atoms with E-state index in [1.54, 1.807) is 0 Å². The van der Waals surface area contributed by atoms with Gasteiger partial charge in [0.25, 0.3) is 5.91 Å². The van der Waals surface area contributed by atoms with Gasteiger partial charge in [0.15, 0.2) is 0 Å². The second-order valence-corrected chi connectivity index (χ2v) is 8.66. The van der Waals surface area contributed by atoms with Crippen molar-refractivity contribution in [3.8, 4) is 0 Å². The minimum atomic E-state index is 0.180. The predicted molar refractivity (Wildman–Crippen MR) is 115 cm³/mol. The highest BCUT2D eigenvalue weighted by atomic mass is 35.5. The lowest BCUT2D eigenvalue weighted by molar-refractivity contribution is 0.0605. The molecule has 0 aliphatic heterocycles. The Hall–Kier alpha value is -1.84. The highest BCUT2D eigenvalue weighted by Crippen LogP contribution is 2.39. The SMILES string of the molecule is CNCc1ccc(C2CCC(N(C(=O)c3ccc(Cl)cc3)C3CC3)CC2)cc1. The number of hydrogen-bond donors (Lipinski definition) is 1. The summed E-state index contributed by atoms with van der Waals surface area (Å²) < 4.78 is 0. The first-order chi connectivity index (χ1) is 13.7. The van der Waals surface area contributed by atoms with Crippen molar-refractivity contribution in [2.75, 3.05) is 7.05 Å². The summed E-state index contributed by atoms with van der Waals surface area (Å²) in [6, 6.07) is 17.2. The number of benzene rings is 2. The molecule has 0 saturated heterocycles. The van der Waals surface area contributed by atoms with Crippen LogP contribution in [-0.2, 0) is 6.54 Å². The van der Waals surface area contributed by atoms with Gasteiger partial charge in [-0.1, -0.05) is 35.9 Å². The van der Waals surface area contributed by atoms with Crippen LogP contribution in [0.25, 0.3) is 0 Å². The van der Waals surface area contributed by atoms with Crippen LogP contribution >= 0.6 is 11.6 Å². The Labute approximate surface area is 173 Å². The van der Waals surface area contributed by atoms with Crippen molar-refractivity contribution in [2.45, 2.75) is 63.1 Å². The van der Waals surface area contributed by atoms with Gasteiger partial charge in [0.1, 0.15) is 0 Å². The highest BCUT2D eigenvalue weighted by molar-refractivity contribution is 6.30. The lowest BCUT2D eigenvalue weighted by atomic mass is 9.81. The largest absolute Gasteiger partial charge is 0.333 e. The van der Waals surface area contributed by atoms with Crippen LogP contribution in [0, 0.1) is 0 Å². The number of amides is 1. The van der Waals surface area contributed by atoms with Crippen LogP contribution < -0.4 is 5.32 Å². The summed E-state index contributed by atoms with van der Waals surface area (Å²) in [5.41, 5.74) is 3.53. The molecule has 148 valence electrons. The number of nitrogens with zero attached hydrogens (tertiary/aromatic N) is 1. The van der Waals surface area contributed by atoms with Gasteiger partial charge in [-0.2, -0.15) is 0 Å². The van der Waals surface area contributed by atoms with Gasteiger partial charge in [0.05, 0.1) is 0 Å². The summed E-state index contributed by atoms with van der Waals surface area (Å²) in [5.74, 6) is 0.797. The Balaban J connectivity index is 1.41. The topological polar surface area (TPSA) is 32.3 Å². The number of carbonyl (C=O) groups excluding carboxylic acids is 1. The van der Waals surface area contributed by atoms with E-state index in [0.29, 0.717) is 23.0 Å². The first-order valence-corrected chi connectivity index (χ1v) is 10.8. The van der Waals surface area contributed by atoms with Gasteiger partial charge in [-0.15, -0.1) is 0 Å². The molecule has 0 unspecified atom stereocenters. The zero-order valence-electron chi connectivity index (χ0n) is 16.5. The zero-order valence-corrected chi connectivity index (χ0v) is 17.3. The van der Waals surface area contributed by atoms with Crippen LogP contribution in [0.2, 0.25) is 5.02 Å². The van der Waals surface area contributed by atoms with Gasteiger partial charge in [-0.3, -0.25) is 4.79 Å². The first-order valence-electron chi connectivity index (χ1n) is 10.5. The van der Waals surface area contributed by atoms with E-state index in [-0.39, 0.29) is 5.91 Å². The van der Waals surface area contributed by atoms with Crippen molar-refractivity contribution in [2.24, 2.45) is 0 Å². The molecule has 3 nitrogen and oxygen atoms in total. The summed E-state index contributed by atoms with van der Waals surface area (Å²) in [5, 5.41) is 3.88. The maximum absolute atomic E-state index is 13.2. The molecular formula is C24H29ClN2O. The molecule has 2 aromatic rings. The standard InChI is InChI=1S/C24H29ClN2O/c1-26-16-17-2-4-18(5-3-17)19-8-12-22(13-9-19)27(23-14-15-23)24(28)20-6-10-21(25)11-7-20/h2-7,10-11,19,22-23,26H,8-9,12-16H2,1H3. The maximum atomic E-state index is 13.2. The molecule has 4 rings (SSSR count). The molecule has 0 radical (unpaired) electrons. The van der Waals surface area contributed by atoms with Gasteiger partial charge in [0, 0.05) is 29.2 Å². The fourth-order valence-electron chi connectivity index (χ4n) is 4.52. The number of halogens is 1. The van der Waals surface area contributed by atoms with E-state index in [0.717, 1.165) is 50.6 Å². The Bertz CT molecular complexity index is 790. The Morgan fingerprint density at radius 1 is 0.929 bits per heavy atom. The Kier molecular flexibility index (Phi) is 6.03. The average Bonchev–Trinajstić information content (AvgIpc) is 3.55. The van der Waals surface area contributed by atoms with Crippen LogP contribution in [0.5, 0.6) is 0 Å². The van der Waals surface area contributed by atoms with Crippen molar-refractivity contribution in [1.82, 2.24) is 10.2 Å². The van der Waals surface area contributed by atoms with E-state index in [4.69, 9.17) is 11.6 Å². The Morgan fingerprint density at radius 2 is 1.50 bits per heavy atom. The van der Waals surface area contributed by atoms with Gasteiger partial charge in [-0.25, -0.2) is 0 Å². The minimum Gasteiger partial charge on any atom is -0.333 e. The van der Waals surface area contributed by atoms with Crippen molar-refractivity contribution in [1.29, 1.82) is 0 Å². The molecule has 2 aliphatic carbocycles. The van der Waals surface area contributed by atoms with Crippen molar-refractivity contribution < 1.29 is 4.79 Å². The van der Waals surface area contributed by atoms with Crippen molar-refractivity contribution >= 4 is 17.5 Å². The van der Waals surface area contributed by atoms with E-state index in [9.17, 15) is 4.79 Å². The number of hydrogen-bond acceptors (Lipinski definition) is 2. The molecule has 2 saturated carbocycles. The molecule has 1 N–H and O–H groups in total. The molecule has 4 heteroatoms. The quantitative estimate of drug-likeness (QED) is 0.709. The van der Waals surface area contributed by atoms with Crippen LogP contribution in [0.15, 0.2) is 48.5 Å². The second-order valence-electron chi connectivity index (χ2n) is 8.23. The normalized spacial score (nSPS) is 22.1. The molecule has 0 bridgehead atoms. The number of carbonyl (C=O) groups is 1. The summed E-state index contributed by atoms with van der Waals surface area (Å²) in [6.07, 6.45) is 6.80. The lowest BCUT2D eigenvalue weighted by Crippen LogP contribution is -2.43. The lowest BCUT2D eigenvalue weighted by Gasteiger charge is -2.37. The van der Waals surface area contributed by atoms with Crippen molar-refractivity contribution in [3.05, 3.63) is 70.2 Å². The molecule has 2 aliphatic rings. The summed E-state index contributed by atoms with van der Waals surface area (Å²) in [6.45, 7) is 0.913. The smallest absolute Gasteiger partial charge is 0.254 e. The van der Waals surface area contributed by atoms with E-state index in [2.05, 4.69) is 34.5 Å². The molecule has 0 aromatic heterocycles. The molecule has 2 aromatic carbocycles. The zero-order chi connectivity index (χ0) is 19.5. The third kappa shape index (κ3) is 4.42. The average molecular weight is 397 g/mol. The van der Waals surface area contributed by atoms with Gasteiger partial charge in [0.2, 0.25) is 0 Å². The van der Waals surface area contributed by atoms with E-state index in [1.165, 1.54) is 11.1 Å². The monoisotopic (exact) mass is 396 g/mol. The highest BCUT2D eigenvalue weighted by Gasteiger charge is 2.39. The molecule has 28 heavy (non-hydrogen) atoms. The van der Waals surface area contributed by atoms with Crippen LogP contribution in [0.4, 0.5) is 0 Å². The van der Waals surface area contributed by atoms with Gasteiger partial charge >= 0.3 is 0 Å². The summed E-state index contributed by atoms with van der Waals surface area (Å²) >= 11 is 5.99. The van der Waals surface area contributed by atoms with E-state index >= 15 is 0 Å². The van der Waals surface area contributed by atoms with Crippen LogP contribution in [0.1, 0.15) is 65.9 Å². The van der Waals surface area contributed by atoms with Crippen LogP contribution in [0.3, 0.4) is 0 Å². The Morgan fingerprint density at radius 3 is 2.04 bits per heavy atom. The molecule has 0 heterocycles. The fourth-order valence-corrected chi connectivity index (χ4v) is 4.65. The predicted octanol–water partition coefficient (Wildman–Crippen LogP) is 5.39. The first kappa shape index (κ1) is 19.5. The summed E-state index contributed by atoms with van der Waals surface area (Å²) in [4.78, 5) is 15.4. The van der Waals surface area contributed by atoms with Crippen LogP contribution in [-0.4, -0.2) is 29.9 Å². The van der Waals surface area contributed by atoms with Gasteiger partial charge < -0.3 is 10.2 Å². The second kappa shape index (κ2) is 8.67. The maximum Gasteiger partial charge on any atom is 0.254 e. The van der Waals surface area contributed by atoms with E-state index in [1.807, 2.05) is 31.3 Å². The minimum absolute atomic E-state index is 0.180. The molecule has 0 spiro atoms. The molecule has 2 fully saturated rings. The van der Waals surface area contributed by atoms with Crippen molar-refractivity contribution in [3.63, 3.8) is 0 Å². The number of rotatable bonds is 6. The van der Waals surface area contributed by atoms with E-state index < -0.39 is 0 Å². The number of nitrogens with one attached hydrogen (secondary N) is 1. The third-order valence-electron chi connectivity index (χ3n) is 6.19. The summed E-state index contributed by atoms with van der Waals surface area (Å²) in [7, 11) is 1.98. The fraction of sp³-hybridized carbons (Fsp3) is 0.458. The molecule has 0 atom stereocenters.